The summed E-state index contributed by atoms with van der Waals surface area (Å²) in [6, 6.07) is 8.75. The monoisotopic (exact) mass is 447 g/mol. The van der Waals surface area contributed by atoms with Crippen molar-refractivity contribution >= 4 is 45.4 Å². The maximum atomic E-state index is 14.6. The molecule has 2 aromatic heterocycles. The normalized spacial score (nSPS) is 11.1. The predicted molar refractivity (Wildman–Crippen MR) is 114 cm³/mol. The van der Waals surface area contributed by atoms with Crippen molar-refractivity contribution in [3.8, 4) is 11.3 Å². The third-order valence-corrected chi connectivity index (χ3v) is 5.83. The van der Waals surface area contributed by atoms with E-state index in [1.54, 1.807) is 15.8 Å². The number of nitrogens with one attached hydrogen (secondary N) is 1. The number of ether oxygens (including phenoxy) is 1. The second kappa shape index (κ2) is 8.04. The van der Waals surface area contributed by atoms with Crippen LogP contribution >= 0.6 is 22.9 Å². The average molecular weight is 448 g/mol. The number of aryl methyl sites for hydroxylation is 1. The number of hydrogen-bond donors (Lipinski definition) is 1. The fourth-order valence-electron chi connectivity index (χ4n) is 3.15. The van der Waals surface area contributed by atoms with Gasteiger partial charge >= 0.3 is 5.97 Å². The van der Waals surface area contributed by atoms with E-state index >= 15 is 0 Å². The minimum absolute atomic E-state index is 0.00832. The number of halogens is 3. The molecule has 30 heavy (non-hydrogen) atoms. The van der Waals surface area contributed by atoms with Gasteiger partial charge in [-0.25, -0.2) is 13.8 Å². The quantitative estimate of drug-likeness (QED) is 0.395. The highest BCUT2D eigenvalue weighted by atomic mass is 35.5. The SMILES string of the molecule is COC(=O)Cc1csc2nc(-c3ccc(F)cc3F)c(Nc3c(C)cccc3Cl)n12. The molecule has 0 bridgehead atoms. The van der Waals surface area contributed by atoms with Crippen LogP contribution in [0.1, 0.15) is 11.3 Å². The van der Waals surface area contributed by atoms with Crippen molar-refractivity contribution in [1.82, 2.24) is 9.38 Å². The Hall–Kier alpha value is -2.97. The Morgan fingerprint density at radius 2 is 2.10 bits per heavy atom. The van der Waals surface area contributed by atoms with Gasteiger partial charge in [-0.3, -0.25) is 9.20 Å². The van der Waals surface area contributed by atoms with Gasteiger partial charge in [0.05, 0.1) is 24.2 Å². The van der Waals surface area contributed by atoms with Gasteiger partial charge in [0, 0.05) is 22.7 Å². The number of para-hydroxylation sites is 1. The van der Waals surface area contributed by atoms with Gasteiger partial charge in [-0.2, -0.15) is 0 Å². The highest BCUT2D eigenvalue weighted by Gasteiger charge is 2.23. The Morgan fingerprint density at radius 3 is 2.80 bits per heavy atom. The molecule has 5 nitrogen and oxygen atoms in total. The number of aromatic nitrogens is 2. The van der Waals surface area contributed by atoms with Crippen molar-refractivity contribution in [3.63, 3.8) is 0 Å². The fourth-order valence-corrected chi connectivity index (χ4v) is 4.31. The number of esters is 1. The van der Waals surface area contributed by atoms with Crippen LogP contribution in [0, 0.1) is 18.6 Å². The Balaban J connectivity index is 1.95. The van der Waals surface area contributed by atoms with Crippen LogP contribution in [-0.4, -0.2) is 22.5 Å². The zero-order chi connectivity index (χ0) is 21.4. The lowest BCUT2D eigenvalue weighted by molar-refractivity contribution is -0.139. The molecule has 0 aliphatic rings. The van der Waals surface area contributed by atoms with Crippen molar-refractivity contribution in [3.05, 3.63) is 69.7 Å². The number of rotatable bonds is 5. The van der Waals surface area contributed by atoms with Crippen LogP contribution in [0.2, 0.25) is 5.02 Å². The van der Waals surface area contributed by atoms with Gasteiger partial charge in [-0.1, -0.05) is 23.7 Å². The van der Waals surface area contributed by atoms with Crippen LogP contribution in [0.3, 0.4) is 0 Å². The molecular formula is C21H16ClF2N3O2S. The minimum atomic E-state index is -0.741. The molecule has 2 aromatic carbocycles. The zero-order valence-electron chi connectivity index (χ0n) is 16.0. The lowest BCUT2D eigenvalue weighted by Gasteiger charge is -2.14. The highest BCUT2D eigenvalue weighted by Crippen LogP contribution is 2.38. The molecule has 0 saturated heterocycles. The third-order valence-electron chi connectivity index (χ3n) is 4.64. The Bertz CT molecular complexity index is 1250. The highest BCUT2D eigenvalue weighted by molar-refractivity contribution is 7.15. The minimum Gasteiger partial charge on any atom is -0.469 e. The van der Waals surface area contributed by atoms with Crippen LogP contribution in [0.15, 0.2) is 41.8 Å². The van der Waals surface area contributed by atoms with Gasteiger partial charge in [0.25, 0.3) is 0 Å². The summed E-state index contributed by atoms with van der Waals surface area (Å²) in [7, 11) is 1.31. The van der Waals surface area contributed by atoms with Gasteiger partial charge in [0.15, 0.2) is 4.96 Å². The molecule has 1 N–H and O–H groups in total. The first-order valence-electron chi connectivity index (χ1n) is 8.92. The van der Waals surface area contributed by atoms with Crippen molar-refractivity contribution in [2.24, 2.45) is 0 Å². The molecule has 0 amide bonds. The molecule has 0 unspecified atom stereocenters. The zero-order valence-corrected chi connectivity index (χ0v) is 17.6. The third kappa shape index (κ3) is 3.64. The van der Waals surface area contributed by atoms with Crippen LogP contribution < -0.4 is 5.32 Å². The van der Waals surface area contributed by atoms with Gasteiger partial charge in [0.2, 0.25) is 0 Å². The van der Waals surface area contributed by atoms with Crippen molar-refractivity contribution in [2.45, 2.75) is 13.3 Å². The largest absolute Gasteiger partial charge is 0.469 e. The Labute approximate surface area is 179 Å². The van der Waals surface area contributed by atoms with Crippen molar-refractivity contribution in [2.75, 3.05) is 12.4 Å². The number of carbonyl (C=O) groups excluding carboxylic acids is 1. The van der Waals surface area contributed by atoms with Crippen LogP contribution in [-0.2, 0) is 16.0 Å². The van der Waals surface area contributed by atoms with Gasteiger partial charge in [0.1, 0.15) is 23.1 Å². The van der Waals surface area contributed by atoms with Crippen LogP contribution in [0.25, 0.3) is 16.2 Å². The molecule has 154 valence electrons. The van der Waals surface area contributed by atoms with Gasteiger partial charge in [-0.15, -0.1) is 11.3 Å². The molecule has 0 atom stereocenters. The lowest BCUT2D eigenvalue weighted by Crippen LogP contribution is -2.08. The second-order valence-electron chi connectivity index (χ2n) is 6.59. The number of imidazole rings is 1. The number of methoxy groups -OCH3 is 1. The number of carbonyl (C=O) groups is 1. The van der Waals surface area contributed by atoms with E-state index in [-0.39, 0.29) is 17.7 Å². The first kappa shape index (κ1) is 20.3. The van der Waals surface area contributed by atoms with Crippen LogP contribution in [0.4, 0.5) is 20.3 Å². The predicted octanol–water partition coefficient (Wildman–Crippen LogP) is 5.76. The molecule has 4 rings (SSSR count). The number of fused-ring (bicyclic) bond motifs is 1. The number of nitrogens with zero attached hydrogens (tertiary/aromatic N) is 2. The van der Waals surface area contributed by atoms with Crippen molar-refractivity contribution in [1.29, 1.82) is 0 Å². The average Bonchev–Trinajstić information content (AvgIpc) is 3.25. The first-order chi connectivity index (χ1) is 14.4. The van der Waals surface area contributed by atoms with E-state index in [0.717, 1.165) is 11.6 Å². The van der Waals surface area contributed by atoms with E-state index in [9.17, 15) is 13.6 Å². The summed E-state index contributed by atoms with van der Waals surface area (Å²) in [5.74, 6) is -1.42. The summed E-state index contributed by atoms with van der Waals surface area (Å²) in [6.45, 7) is 1.88. The van der Waals surface area contributed by atoms with Gasteiger partial charge < -0.3 is 10.1 Å². The fraction of sp³-hybridized carbons (Fsp3) is 0.143. The van der Waals surface area contributed by atoms with E-state index in [0.29, 0.717) is 27.2 Å². The Morgan fingerprint density at radius 1 is 1.30 bits per heavy atom. The van der Waals surface area contributed by atoms with Gasteiger partial charge in [-0.05, 0) is 30.7 Å². The molecule has 0 radical (unpaired) electrons. The summed E-state index contributed by atoms with van der Waals surface area (Å²) in [5.41, 5.74) is 2.52. The van der Waals surface area contributed by atoms with Crippen LogP contribution in [0.5, 0.6) is 0 Å². The van der Waals surface area contributed by atoms with E-state index in [1.165, 1.54) is 30.6 Å². The van der Waals surface area contributed by atoms with E-state index < -0.39 is 17.6 Å². The first-order valence-corrected chi connectivity index (χ1v) is 10.2. The Kier molecular flexibility index (Phi) is 5.44. The molecule has 0 saturated carbocycles. The number of anilines is 2. The summed E-state index contributed by atoms with van der Waals surface area (Å²) in [5, 5.41) is 5.51. The molecule has 9 heteroatoms. The molecule has 0 fully saturated rings. The summed E-state index contributed by atoms with van der Waals surface area (Å²) in [6.07, 6.45) is 0.00832. The number of benzene rings is 2. The maximum absolute atomic E-state index is 14.6. The van der Waals surface area contributed by atoms with E-state index in [2.05, 4.69) is 10.3 Å². The molecule has 0 spiro atoms. The lowest BCUT2D eigenvalue weighted by atomic mass is 10.1. The smallest absolute Gasteiger partial charge is 0.311 e. The molecule has 0 aliphatic carbocycles. The topological polar surface area (TPSA) is 55.6 Å². The summed E-state index contributed by atoms with van der Waals surface area (Å²) in [4.78, 5) is 17.0. The molecular weight excluding hydrogens is 432 g/mol. The molecule has 2 heterocycles. The summed E-state index contributed by atoms with van der Waals surface area (Å²) < 4.78 is 34.6. The summed E-state index contributed by atoms with van der Waals surface area (Å²) >= 11 is 7.68. The number of thiazole rings is 1. The van der Waals surface area contributed by atoms with Crippen molar-refractivity contribution < 1.29 is 18.3 Å². The second-order valence-corrected chi connectivity index (χ2v) is 7.83. The molecule has 4 aromatic rings. The standard InChI is InChI=1S/C21H16ClF2N3O2S/c1-11-4-3-5-15(22)18(11)25-20-19(14-7-6-12(23)8-16(14)24)26-21-27(20)13(10-30-21)9-17(28)29-2/h3-8,10,25H,9H2,1-2H3. The van der Waals surface area contributed by atoms with E-state index in [1.807, 2.05) is 19.1 Å². The number of hydrogen-bond acceptors (Lipinski definition) is 5. The van der Waals surface area contributed by atoms with E-state index in [4.69, 9.17) is 16.3 Å². The maximum Gasteiger partial charge on any atom is 0.311 e. The molecule has 0 aliphatic heterocycles.